The van der Waals surface area contributed by atoms with Gasteiger partial charge in [0.2, 0.25) is 12.7 Å². The summed E-state index contributed by atoms with van der Waals surface area (Å²) in [7, 11) is 3.87. The molecule has 43 heavy (non-hydrogen) atoms. The molecule has 8 nitrogen and oxygen atoms in total. The molecular weight excluding hydrogens is 727 g/mol. The Bertz CT molecular complexity index is 1660. The average Bonchev–Trinajstić information content (AvgIpc) is 3.63. The fourth-order valence-electron chi connectivity index (χ4n) is 3.87. The summed E-state index contributed by atoms with van der Waals surface area (Å²) in [6.45, 7) is 9.85. The summed E-state index contributed by atoms with van der Waals surface area (Å²) >= 11 is 0. The van der Waals surface area contributed by atoms with Crippen molar-refractivity contribution in [2.45, 2.75) is 34.6 Å². The van der Waals surface area contributed by atoms with E-state index in [-0.39, 0.29) is 31.7 Å². The maximum atomic E-state index is 12.7. The molecule has 0 aliphatic carbocycles. The molecule has 0 aliphatic heterocycles. The van der Waals surface area contributed by atoms with Crippen LogP contribution in [0.1, 0.15) is 28.6 Å². The average molecular weight is 758 g/mol. The van der Waals surface area contributed by atoms with E-state index >= 15 is 0 Å². The van der Waals surface area contributed by atoms with Gasteiger partial charge < -0.3 is 28.4 Å². The number of nitrogens with zero attached hydrogens (tertiary/aromatic N) is 8. The summed E-state index contributed by atoms with van der Waals surface area (Å²) in [5.41, 5.74) is 6.80. The molecule has 0 bridgehead atoms. The van der Waals surface area contributed by atoms with Gasteiger partial charge >= 0.3 is 0 Å². The van der Waals surface area contributed by atoms with Crippen LogP contribution in [0.25, 0.3) is 22.9 Å². The van der Waals surface area contributed by atoms with Crippen LogP contribution in [0.4, 0.5) is 8.78 Å². The summed E-state index contributed by atoms with van der Waals surface area (Å²) < 4.78 is 33.0. The first kappa shape index (κ1) is 33.2. The largest absolute Gasteiger partial charge is 0.421 e. The molecule has 0 unspecified atom stereocenters. The molecule has 2 aromatic carbocycles. The van der Waals surface area contributed by atoms with Crippen LogP contribution in [0.2, 0.25) is 0 Å². The van der Waals surface area contributed by atoms with E-state index in [1.54, 1.807) is 25.3 Å². The Morgan fingerprint density at radius 3 is 1.58 bits per heavy atom. The number of aryl methyl sites for hydroxylation is 3. The monoisotopic (exact) mass is 758 g/mol. The van der Waals surface area contributed by atoms with Gasteiger partial charge in [-0.25, -0.2) is 0 Å². The summed E-state index contributed by atoms with van der Waals surface area (Å²) in [5.74, 6) is 0.720. The van der Waals surface area contributed by atoms with E-state index in [1.807, 2.05) is 78.3 Å². The van der Waals surface area contributed by atoms with Gasteiger partial charge in [-0.1, -0.05) is 17.4 Å². The molecule has 0 atom stereocenters. The molecule has 225 valence electrons. The Balaban J connectivity index is 0.000000176. The Labute approximate surface area is 264 Å². The fraction of sp³-hybridized carbons (Fsp3) is 0.219. The minimum atomic E-state index is -0.273. The Morgan fingerprint density at radius 1 is 0.744 bits per heavy atom. The van der Waals surface area contributed by atoms with Crippen molar-refractivity contribution in [1.29, 1.82) is 0 Å². The van der Waals surface area contributed by atoms with Crippen molar-refractivity contribution in [3.63, 3.8) is 0 Å². The molecule has 11 heteroatoms. The second-order valence-electron chi connectivity index (χ2n) is 9.51. The third kappa shape index (κ3) is 8.15. The van der Waals surface area contributed by atoms with E-state index in [9.17, 15) is 8.78 Å². The number of halogens is 2. The van der Waals surface area contributed by atoms with Crippen LogP contribution in [-0.4, -0.2) is 24.2 Å². The number of aromatic nitrogens is 8. The minimum Gasteiger partial charge on any atom is -0.421 e. The van der Waals surface area contributed by atoms with Gasteiger partial charge in [0.15, 0.2) is 0 Å². The molecule has 0 fully saturated rings. The quantitative estimate of drug-likeness (QED) is 0.202. The van der Waals surface area contributed by atoms with Crippen LogP contribution in [-0.2, 0) is 34.2 Å². The maximum Gasteiger partial charge on any atom is 0.241 e. The maximum absolute atomic E-state index is 12.7. The first-order valence-electron chi connectivity index (χ1n) is 13.1. The smallest absolute Gasteiger partial charge is 0.241 e. The molecular formula is C32H31F2IrN8-3. The molecule has 0 saturated carbocycles. The first-order valence-corrected chi connectivity index (χ1v) is 13.1. The predicted molar refractivity (Wildman–Crippen MR) is 151 cm³/mol. The molecule has 4 aromatic heterocycles. The van der Waals surface area contributed by atoms with Crippen LogP contribution in [0, 0.1) is 71.0 Å². The van der Waals surface area contributed by atoms with E-state index in [2.05, 4.69) is 45.0 Å². The number of imidazole rings is 2. The van der Waals surface area contributed by atoms with Crippen molar-refractivity contribution < 1.29 is 38.0 Å². The van der Waals surface area contributed by atoms with Gasteiger partial charge in [0, 0.05) is 66.5 Å². The summed E-state index contributed by atoms with van der Waals surface area (Å²) in [6, 6.07) is 20.3. The third-order valence-corrected chi connectivity index (χ3v) is 6.67. The summed E-state index contributed by atoms with van der Waals surface area (Å²) in [6.07, 6.45) is 7.97. The Kier molecular flexibility index (Phi) is 11.3. The standard InChI is InChI=1S/2C12H12FN2.C8H7N4.Ir/c2*1-9-10(2)15(8-14(9)3)12-6-4-11(13)5-7-12;1-6-10-8(12-11-6)7-4-2-3-5-9-7;/h2*4-6H,1-3H3;2-5H,1H3;/q3*-1;. The number of pyridine rings is 1. The number of benzene rings is 2. The van der Waals surface area contributed by atoms with Crippen LogP contribution in [0.3, 0.4) is 0 Å². The van der Waals surface area contributed by atoms with E-state index < -0.39 is 0 Å². The predicted octanol–water partition coefficient (Wildman–Crippen LogP) is 4.12. The molecule has 6 rings (SSSR count). The van der Waals surface area contributed by atoms with Crippen LogP contribution >= 0.6 is 0 Å². The first-order chi connectivity index (χ1) is 20.0. The molecule has 6 aromatic rings. The van der Waals surface area contributed by atoms with E-state index in [0.29, 0.717) is 11.6 Å². The zero-order valence-electron chi connectivity index (χ0n) is 24.9. The molecule has 0 aliphatic rings. The number of rotatable bonds is 3. The SMILES string of the molecule is Cc1c(C)[n+](C)[c-]n1-c1[c-]cc(F)cc1.Cc1c(C)[n+](C)[c-]n1-c1[c-]cc(F)cc1.Cc1n[n-]c(-c2ccccn2)n1.[Ir]. The van der Waals surface area contributed by atoms with Crippen molar-refractivity contribution in [3.05, 3.63) is 126 Å². The number of hydrogen-bond acceptors (Lipinski definition) is 3. The molecule has 1 radical (unpaired) electrons. The van der Waals surface area contributed by atoms with Gasteiger partial charge in [-0.2, -0.15) is 24.3 Å². The van der Waals surface area contributed by atoms with Crippen molar-refractivity contribution >= 4 is 0 Å². The van der Waals surface area contributed by atoms with Gasteiger partial charge in [0.1, 0.15) is 0 Å². The molecule has 0 spiro atoms. The zero-order valence-corrected chi connectivity index (χ0v) is 27.3. The van der Waals surface area contributed by atoms with Crippen molar-refractivity contribution in [2.75, 3.05) is 0 Å². The Hall–Kier alpha value is -4.34. The third-order valence-electron chi connectivity index (χ3n) is 6.67. The van der Waals surface area contributed by atoms with Gasteiger partial charge in [-0.05, 0) is 52.6 Å². The zero-order chi connectivity index (χ0) is 30.4. The second-order valence-corrected chi connectivity index (χ2v) is 9.51. The summed E-state index contributed by atoms with van der Waals surface area (Å²) in [4.78, 5) is 8.19. The van der Waals surface area contributed by atoms with Gasteiger partial charge in [0.25, 0.3) is 0 Å². The normalized spacial score (nSPS) is 10.3. The second kappa shape index (κ2) is 14.7. The van der Waals surface area contributed by atoms with Crippen molar-refractivity contribution in [1.82, 2.24) is 29.3 Å². The summed E-state index contributed by atoms with van der Waals surface area (Å²) in [5, 5.41) is 7.65. The minimum absolute atomic E-state index is 0. The van der Waals surface area contributed by atoms with Crippen molar-refractivity contribution in [3.8, 4) is 22.9 Å². The van der Waals surface area contributed by atoms with E-state index in [0.717, 1.165) is 39.8 Å². The van der Waals surface area contributed by atoms with Gasteiger partial charge in [-0.3, -0.25) is 18.9 Å². The Morgan fingerprint density at radius 2 is 1.26 bits per heavy atom. The molecule has 0 amide bonds. The van der Waals surface area contributed by atoms with Gasteiger partial charge in [-0.15, -0.1) is 24.3 Å². The number of hydrogen-bond donors (Lipinski definition) is 0. The van der Waals surface area contributed by atoms with E-state index in [4.69, 9.17) is 0 Å². The van der Waals surface area contributed by atoms with Crippen LogP contribution < -0.4 is 14.2 Å². The molecule has 4 heterocycles. The van der Waals surface area contributed by atoms with E-state index in [1.165, 1.54) is 24.3 Å². The van der Waals surface area contributed by atoms with Crippen molar-refractivity contribution in [2.24, 2.45) is 14.1 Å². The molecule has 0 N–H and O–H groups in total. The van der Waals surface area contributed by atoms with Crippen LogP contribution in [0.15, 0.2) is 60.8 Å². The molecule has 0 saturated heterocycles. The van der Waals surface area contributed by atoms with Gasteiger partial charge in [0.05, 0.1) is 19.8 Å². The topological polar surface area (TPSA) is 70.4 Å². The van der Waals surface area contributed by atoms with Crippen LogP contribution in [0.5, 0.6) is 0 Å². The fourth-order valence-corrected chi connectivity index (χ4v) is 3.87.